The van der Waals surface area contributed by atoms with E-state index in [1.165, 1.54) is 0 Å². The normalized spacial score (nSPS) is 13.4. The standard InChI is InChI=1S/C21H39N11O8/c22-10(3-1-7-28-20(24)25)16(36)30-12(5-6-14(23)33)18(38)31-11(4-2-8-29-21(26)27)17(37)32-13(19(39)40)9-15(34)35/h10-13H,1-9,22H2,(H2,23,33)(H,30,36)(H,31,38)(H,32,37)(H,34,35)(H,39,40)(H4,24,25,28)(H4,26,27,29). The number of carbonyl (C=O) groups excluding carboxylic acids is 4. The van der Waals surface area contributed by atoms with E-state index in [1.807, 2.05) is 0 Å². The Morgan fingerprint density at radius 1 is 0.650 bits per heavy atom. The van der Waals surface area contributed by atoms with E-state index in [-0.39, 0.29) is 57.1 Å². The van der Waals surface area contributed by atoms with E-state index in [2.05, 4.69) is 25.9 Å². The maximum atomic E-state index is 13.1. The van der Waals surface area contributed by atoms with Crippen LogP contribution in [-0.2, 0) is 28.8 Å². The summed E-state index contributed by atoms with van der Waals surface area (Å²) in [7, 11) is 0. The average Bonchev–Trinajstić information content (AvgIpc) is 2.84. The Hall–Kier alpha value is -4.68. The van der Waals surface area contributed by atoms with E-state index in [0.29, 0.717) is 6.42 Å². The van der Waals surface area contributed by atoms with Gasteiger partial charge in [0.15, 0.2) is 11.9 Å². The van der Waals surface area contributed by atoms with Crippen molar-refractivity contribution < 1.29 is 39.0 Å². The molecule has 0 spiro atoms. The average molecular weight is 574 g/mol. The van der Waals surface area contributed by atoms with Crippen LogP contribution in [0.1, 0.15) is 44.9 Å². The second-order valence-electron chi connectivity index (χ2n) is 8.63. The van der Waals surface area contributed by atoms with E-state index >= 15 is 0 Å². The third-order valence-electron chi connectivity index (χ3n) is 5.19. The van der Waals surface area contributed by atoms with Gasteiger partial charge in [0.2, 0.25) is 23.6 Å². The Balaban J connectivity index is 5.66. The van der Waals surface area contributed by atoms with Crippen LogP contribution in [0.5, 0.6) is 0 Å². The van der Waals surface area contributed by atoms with Gasteiger partial charge in [-0.2, -0.15) is 0 Å². The van der Waals surface area contributed by atoms with Crippen molar-refractivity contribution >= 4 is 47.5 Å². The van der Waals surface area contributed by atoms with Crippen molar-refractivity contribution in [1.82, 2.24) is 16.0 Å². The molecule has 0 heterocycles. The number of aliphatic carboxylic acids is 2. The Bertz CT molecular complexity index is 964. The Labute approximate surface area is 229 Å². The number of amides is 4. The van der Waals surface area contributed by atoms with Crippen molar-refractivity contribution in [1.29, 1.82) is 0 Å². The number of nitrogens with zero attached hydrogens (tertiary/aromatic N) is 2. The number of aliphatic imine (C=N–C) groups is 2. The maximum Gasteiger partial charge on any atom is 0.326 e. The Morgan fingerprint density at radius 3 is 1.55 bits per heavy atom. The highest BCUT2D eigenvalue weighted by Crippen LogP contribution is 2.06. The van der Waals surface area contributed by atoms with Gasteiger partial charge in [0.1, 0.15) is 18.1 Å². The van der Waals surface area contributed by atoms with Crippen LogP contribution >= 0.6 is 0 Å². The molecular weight excluding hydrogens is 534 g/mol. The predicted molar refractivity (Wildman–Crippen MR) is 142 cm³/mol. The zero-order chi connectivity index (χ0) is 30.8. The van der Waals surface area contributed by atoms with Gasteiger partial charge in [-0.05, 0) is 32.1 Å². The molecule has 0 rings (SSSR count). The first-order chi connectivity index (χ1) is 18.6. The molecule has 17 N–H and O–H groups in total. The summed E-state index contributed by atoms with van der Waals surface area (Å²) in [5.74, 6) is -6.87. The Kier molecular flexibility index (Phi) is 16.4. The van der Waals surface area contributed by atoms with Crippen LogP contribution in [0, 0.1) is 0 Å². The minimum absolute atomic E-state index is 0.0516. The summed E-state index contributed by atoms with van der Waals surface area (Å²) in [4.78, 5) is 79.7. The van der Waals surface area contributed by atoms with Crippen molar-refractivity contribution in [2.75, 3.05) is 13.1 Å². The van der Waals surface area contributed by atoms with E-state index < -0.39 is 66.2 Å². The van der Waals surface area contributed by atoms with Crippen LogP contribution in [-0.4, -0.2) is 95.0 Å². The van der Waals surface area contributed by atoms with Crippen LogP contribution in [0.4, 0.5) is 0 Å². The van der Waals surface area contributed by atoms with Crippen LogP contribution < -0.4 is 50.4 Å². The van der Waals surface area contributed by atoms with Crippen molar-refractivity contribution in [2.45, 2.75) is 69.1 Å². The molecule has 0 radical (unpaired) electrons. The molecular formula is C21H39N11O8. The van der Waals surface area contributed by atoms with Gasteiger partial charge in [-0.15, -0.1) is 0 Å². The van der Waals surface area contributed by atoms with Gasteiger partial charge in [-0.25, -0.2) is 4.79 Å². The largest absolute Gasteiger partial charge is 0.481 e. The number of carbonyl (C=O) groups is 6. The number of guanidine groups is 2. The molecule has 0 aliphatic carbocycles. The summed E-state index contributed by atoms with van der Waals surface area (Å²) in [6.07, 6.45) is -0.924. The number of primary amides is 1. The lowest BCUT2D eigenvalue weighted by Crippen LogP contribution is -2.57. The fourth-order valence-electron chi connectivity index (χ4n) is 3.18. The lowest BCUT2D eigenvalue weighted by molar-refractivity contribution is -0.147. The van der Waals surface area contributed by atoms with Gasteiger partial charge < -0.3 is 60.6 Å². The minimum atomic E-state index is -1.79. The van der Waals surface area contributed by atoms with Crippen molar-refractivity contribution in [3.63, 3.8) is 0 Å². The molecule has 0 fully saturated rings. The van der Waals surface area contributed by atoms with E-state index in [4.69, 9.17) is 39.5 Å². The fourth-order valence-corrected chi connectivity index (χ4v) is 3.18. The quantitative estimate of drug-likeness (QED) is 0.0368. The first kappa shape index (κ1) is 35.3. The lowest BCUT2D eigenvalue weighted by atomic mass is 10.1. The van der Waals surface area contributed by atoms with Gasteiger partial charge >= 0.3 is 11.9 Å². The van der Waals surface area contributed by atoms with E-state index in [0.717, 1.165) is 0 Å². The van der Waals surface area contributed by atoms with Gasteiger partial charge in [-0.3, -0.25) is 34.0 Å². The summed E-state index contributed by atoms with van der Waals surface area (Å²) >= 11 is 0. The second kappa shape index (κ2) is 18.6. The second-order valence-corrected chi connectivity index (χ2v) is 8.63. The SMILES string of the molecule is NC(=O)CCC(NC(=O)C(N)CCCN=C(N)N)C(=O)NC(CCCN=C(N)N)C(=O)NC(CC(=O)O)C(=O)O. The first-order valence-electron chi connectivity index (χ1n) is 12.1. The van der Waals surface area contributed by atoms with E-state index in [9.17, 15) is 33.9 Å². The molecule has 40 heavy (non-hydrogen) atoms. The highest BCUT2D eigenvalue weighted by atomic mass is 16.4. The number of hydrogen-bond donors (Lipinski definition) is 11. The van der Waals surface area contributed by atoms with Crippen molar-refractivity contribution in [2.24, 2.45) is 44.4 Å². The van der Waals surface area contributed by atoms with Crippen LogP contribution in [0.2, 0.25) is 0 Å². The third-order valence-corrected chi connectivity index (χ3v) is 5.19. The molecule has 226 valence electrons. The van der Waals surface area contributed by atoms with Crippen LogP contribution in [0.25, 0.3) is 0 Å². The number of carboxylic acid groups (broad SMARTS) is 2. The molecule has 0 saturated heterocycles. The van der Waals surface area contributed by atoms with Crippen LogP contribution in [0.3, 0.4) is 0 Å². The molecule has 19 nitrogen and oxygen atoms in total. The highest BCUT2D eigenvalue weighted by Gasteiger charge is 2.31. The Morgan fingerprint density at radius 2 is 1.10 bits per heavy atom. The number of nitrogens with two attached hydrogens (primary N) is 6. The molecule has 0 saturated carbocycles. The molecule has 0 aliphatic rings. The smallest absolute Gasteiger partial charge is 0.326 e. The molecule has 0 aromatic rings. The number of nitrogens with one attached hydrogen (secondary N) is 3. The van der Waals surface area contributed by atoms with Gasteiger partial charge in [0.25, 0.3) is 0 Å². The van der Waals surface area contributed by atoms with Gasteiger partial charge in [-0.1, -0.05) is 0 Å². The summed E-state index contributed by atoms with van der Waals surface area (Å²) in [6.45, 7) is 0.265. The third kappa shape index (κ3) is 16.2. The zero-order valence-electron chi connectivity index (χ0n) is 21.9. The lowest BCUT2D eigenvalue weighted by Gasteiger charge is -2.25. The molecule has 0 aromatic heterocycles. The summed E-state index contributed by atoms with van der Waals surface area (Å²) in [6, 6.07) is -5.60. The molecule has 0 bridgehead atoms. The topological polar surface area (TPSA) is 360 Å². The minimum Gasteiger partial charge on any atom is -0.481 e. The number of carboxylic acids is 2. The molecule has 4 unspecified atom stereocenters. The molecule has 4 amide bonds. The molecule has 0 aliphatic heterocycles. The fraction of sp³-hybridized carbons (Fsp3) is 0.619. The summed E-state index contributed by atoms with van der Waals surface area (Å²) < 4.78 is 0. The van der Waals surface area contributed by atoms with Crippen LogP contribution in [0.15, 0.2) is 9.98 Å². The summed E-state index contributed by atoms with van der Waals surface area (Å²) in [5.41, 5.74) is 32.0. The summed E-state index contributed by atoms with van der Waals surface area (Å²) in [5, 5.41) is 25.0. The van der Waals surface area contributed by atoms with E-state index in [1.54, 1.807) is 0 Å². The highest BCUT2D eigenvalue weighted by molar-refractivity contribution is 5.94. The molecule has 0 aromatic carbocycles. The predicted octanol–water partition coefficient (Wildman–Crippen LogP) is -5.30. The number of rotatable bonds is 20. The number of hydrogen-bond acceptors (Lipinski definition) is 9. The van der Waals surface area contributed by atoms with Gasteiger partial charge in [0, 0.05) is 19.5 Å². The monoisotopic (exact) mass is 573 g/mol. The van der Waals surface area contributed by atoms with Gasteiger partial charge in [0.05, 0.1) is 12.5 Å². The maximum absolute atomic E-state index is 13.1. The molecule has 4 atom stereocenters. The van der Waals surface area contributed by atoms with Crippen molar-refractivity contribution in [3.05, 3.63) is 0 Å². The molecule has 19 heteroatoms. The first-order valence-corrected chi connectivity index (χ1v) is 12.1. The van der Waals surface area contributed by atoms with Crippen molar-refractivity contribution in [3.8, 4) is 0 Å². The zero-order valence-corrected chi connectivity index (χ0v) is 21.9.